The number of rotatable bonds is 6. The third-order valence-electron chi connectivity index (χ3n) is 4.25. The molecule has 0 radical (unpaired) electrons. The molecule has 4 rings (SSSR count). The van der Waals surface area contributed by atoms with Gasteiger partial charge in [0, 0.05) is 24.4 Å². The van der Waals surface area contributed by atoms with Gasteiger partial charge in [0.25, 0.3) is 0 Å². The van der Waals surface area contributed by atoms with Crippen LogP contribution in [0.1, 0.15) is 18.5 Å². The molecule has 146 valence electrons. The van der Waals surface area contributed by atoms with Crippen molar-refractivity contribution in [3.05, 3.63) is 72.2 Å². The molecule has 0 saturated heterocycles. The number of halogens is 1. The van der Waals surface area contributed by atoms with E-state index in [9.17, 15) is 4.39 Å². The molecule has 3 aromatic heterocycles. The Hall–Kier alpha value is -4.01. The number of aromatic amines is 1. The average Bonchev–Trinajstić information content (AvgIpc) is 3.17. The minimum absolute atomic E-state index is 0.0982. The summed E-state index contributed by atoms with van der Waals surface area (Å²) in [7, 11) is 0. The highest BCUT2D eigenvalue weighted by atomic mass is 19.1. The lowest BCUT2D eigenvalue weighted by molar-refractivity contribution is 0.626. The van der Waals surface area contributed by atoms with Crippen molar-refractivity contribution in [2.45, 2.75) is 13.0 Å². The zero-order valence-corrected chi connectivity index (χ0v) is 15.6. The molecule has 0 spiro atoms. The van der Waals surface area contributed by atoms with Crippen LogP contribution < -0.4 is 16.4 Å². The summed E-state index contributed by atoms with van der Waals surface area (Å²) in [5, 5.41) is 13.5. The van der Waals surface area contributed by atoms with Crippen molar-refractivity contribution in [2.24, 2.45) is 0 Å². The van der Waals surface area contributed by atoms with E-state index in [1.165, 1.54) is 12.1 Å². The molecule has 9 heteroatoms. The smallest absolute Gasteiger partial charge is 0.223 e. The molecule has 8 nitrogen and oxygen atoms in total. The van der Waals surface area contributed by atoms with Crippen molar-refractivity contribution >= 4 is 23.4 Å². The molecule has 0 fully saturated rings. The SMILES string of the molecule is CC(Nc1cc(Nc2cc(-c3ccccn3)[nH]n2)nc(N)n1)c1ccc(F)cc1. The molecular weight excluding hydrogens is 371 g/mol. The maximum absolute atomic E-state index is 13.1. The molecule has 0 aliphatic carbocycles. The summed E-state index contributed by atoms with van der Waals surface area (Å²) in [5.74, 6) is 1.44. The van der Waals surface area contributed by atoms with Crippen LogP contribution in [0, 0.1) is 5.82 Å². The Labute approximate surface area is 166 Å². The fourth-order valence-electron chi connectivity index (χ4n) is 2.83. The quantitative estimate of drug-likeness (QED) is 0.394. The molecule has 1 unspecified atom stereocenters. The highest BCUT2D eigenvalue weighted by Gasteiger charge is 2.10. The first-order valence-electron chi connectivity index (χ1n) is 8.97. The number of nitrogens with one attached hydrogen (secondary N) is 3. The van der Waals surface area contributed by atoms with E-state index in [0.29, 0.717) is 17.5 Å². The number of anilines is 4. The number of nitrogens with two attached hydrogens (primary N) is 1. The van der Waals surface area contributed by atoms with Gasteiger partial charge in [-0.05, 0) is 36.8 Å². The fraction of sp³-hybridized carbons (Fsp3) is 0.100. The molecule has 3 heterocycles. The Morgan fingerprint density at radius 2 is 1.79 bits per heavy atom. The van der Waals surface area contributed by atoms with Crippen molar-refractivity contribution in [1.29, 1.82) is 0 Å². The number of nitrogen functional groups attached to an aromatic ring is 1. The molecule has 0 aliphatic rings. The van der Waals surface area contributed by atoms with E-state index in [-0.39, 0.29) is 17.8 Å². The van der Waals surface area contributed by atoms with Crippen LogP contribution in [0.4, 0.5) is 27.8 Å². The molecule has 1 aromatic carbocycles. The third-order valence-corrected chi connectivity index (χ3v) is 4.25. The van der Waals surface area contributed by atoms with Crippen LogP contribution >= 0.6 is 0 Å². The third kappa shape index (κ3) is 4.46. The van der Waals surface area contributed by atoms with Gasteiger partial charge in [-0.3, -0.25) is 10.1 Å². The van der Waals surface area contributed by atoms with Crippen LogP contribution in [0.3, 0.4) is 0 Å². The minimum Gasteiger partial charge on any atom is -0.368 e. The standard InChI is InChI=1S/C20H19FN8/c1-12(13-5-7-14(21)8-6-13)24-17-11-18(27-20(22)26-17)25-19-10-16(28-29-19)15-4-2-3-9-23-15/h2-12H,1H3,(H5,22,24,25,26,27,28,29). The second kappa shape index (κ2) is 7.93. The van der Waals surface area contributed by atoms with Gasteiger partial charge in [-0.25, -0.2) is 4.39 Å². The molecule has 4 aromatic rings. The Kier molecular flexibility index (Phi) is 5.02. The second-order valence-electron chi connectivity index (χ2n) is 6.42. The van der Waals surface area contributed by atoms with Gasteiger partial charge in [-0.15, -0.1) is 0 Å². The average molecular weight is 390 g/mol. The molecule has 0 bridgehead atoms. The Balaban J connectivity index is 1.50. The van der Waals surface area contributed by atoms with E-state index in [0.717, 1.165) is 17.0 Å². The topological polar surface area (TPSA) is 117 Å². The van der Waals surface area contributed by atoms with E-state index in [1.807, 2.05) is 31.2 Å². The summed E-state index contributed by atoms with van der Waals surface area (Å²) in [5.41, 5.74) is 8.33. The predicted octanol–water partition coefficient (Wildman–Crippen LogP) is 3.90. The number of benzene rings is 1. The highest BCUT2D eigenvalue weighted by Crippen LogP contribution is 2.23. The minimum atomic E-state index is -0.275. The van der Waals surface area contributed by atoms with E-state index >= 15 is 0 Å². The van der Waals surface area contributed by atoms with Crippen LogP contribution in [-0.2, 0) is 0 Å². The van der Waals surface area contributed by atoms with Crippen molar-refractivity contribution in [1.82, 2.24) is 25.1 Å². The van der Waals surface area contributed by atoms with Crippen molar-refractivity contribution in [2.75, 3.05) is 16.4 Å². The van der Waals surface area contributed by atoms with Crippen molar-refractivity contribution in [3.8, 4) is 11.4 Å². The van der Waals surface area contributed by atoms with Gasteiger partial charge >= 0.3 is 0 Å². The normalized spacial score (nSPS) is 11.8. The van der Waals surface area contributed by atoms with Crippen LogP contribution in [0.5, 0.6) is 0 Å². The first-order chi connectivity index (χ1) is 14.1. The number of nitrogens with zero attached hydrogens (tertiary/aromatic N) is 4. The molecule has 1 atom stereocenters. The van der Waals surface area contributed by atoms with Gasteiger partial charge in [0.1, 0.15) is 17.5 Å². The van der Waals surface area contributed by atoms with E-state index in [4.69, 9.17) is 5.73 Å². The Morgan fingerprint density at radius 1 is 1.00 bits per heavy atom. The summed E-state index contributed by atoms with van der Waals surface area (Å²) in [6.45, 7) is 1.95. The Bertz CT molecular complexity index is 1100. The summed E-state index contributed by atoms with van der Waals surface area (Å²) >= 11 is 0. The lowest BCUT2D eigenvalue weighted by Crippen LogP contribution is -2.10. The summed E-state index contributed by atoms with van der Waals surface area (Å²) in [4.78, 5) is 12.7. The van der Waals surface area contributed by atoms with Gasteiger partial charge in [0.15, 0.2) is 5.82 Å². The zero-order valence-electron chi connectivity index (χ0n) is 15.6. The summed E-state index contributed by atoms with van der Waals surface area (Å²) in [6.07, 6.45) is 1.72. The van der Waals surface area contributed by atoms with Gasteiger partial charge in [0.2, 0.25) is 5.95 Å². The summed E-state index contributed by atoms with van der Waals surface area (Å²) < 4.78 is 13.1. The molecule has 29 heavy (non-hydrogen) atoms. The number of H-pyrrole nitrogens is 1. The monoisotopic (exact) mass is 390 g/mol. The van der Waals surface area contributed by atoms with Crippen LogP contribution in [0.25, 0.3) is 11.4 Å². The van der Waals surface area contributed by atoms with Crippen molar-refractivity contribution < 1.29 is 4.39 Å². The van der Waals surface area contributed by atoms with Crippen LogP contribution in [0.2, 0.25) is 0 Å². The molecule has 0 amide bonds. The van der Waals surface area contributed by atoms with E-state index in [1.54, 1.807) is 24.4 Å². The molecule has 0 aliphatic heterocycles. The van der Waals surface area contributed by atoms with Gasteiger partial charge in [-0.1, -0.05) is 18.2 Å². The lowest BCUT2D eigenvalue weighted by atomic mass is 10.1. The van der Waals surface area contributed by atoms with Crippen LogP contribution in [0.15, 0.2) is 60.8 Å². The molecule has 5 N–H and O–H groups in total. The van der Waals surface area contributed by atoms with E-state index < -0.39 is 0 Å². The Morgan fingerprint density at radius 3 is 2.55 bits per heavy atom. The van der Waals surface area contributed by atoms with E-state index in [2.05, 4.69) is 35.8 Å². The maximum Gasteiger partial charge on any atom is 0.223 e. The second-order valence-corrected chi connectivity index (χ2v) is 6.42. The maximum atomic E-state index is 13.1. The van der Waals surface area contributed by atoms with Crippen molar-refractivity contribution in [3.63, 3.8) is 0 Å². The van der Waals surface area contributed by atoms with Gasteiger partial charge in [-0.2, -0.15) is 15.1 Å². The first-order valence-corrected chi connectivity index (χ1v) is 8.97. The van der Waals surface area contributed by atoms with Gasteiger partial charge < -0.3 is 16.4 Å². The van der Waals surface area contributed by atoms with Crippen LogP contribution in [-0.4, -0.2) is 25.1 Å². The largest absolute Gasteiger partial charge is 0.368 e. The zero-order chi connectivity index (χ0) is 20.2. The number of aromatic nitrogens is 5. The highest BCUT2D eigenvalue weighted by molar-refractivity contribution is 5.64. The molecular formula is C20H19FN8. The number of hydrogen-bond acceptors (Lipinski definition) is 7. The molecule has 0 saturated carbocycles. The number of pyridine rings is 1. The fourth-order valence-corrected chi connectivity index (χ4v) is 2.83. The summed E-state index contributed by atoms with van der Waals surface area (Å²) in [6, 6.07) is 15.4. The van der Waals surface area contributed by atoms with Gasteiger partial charge in [0.05, 0.1) is 11.4 Å². The number of hydrogen-bond donors (Lipinski definition) is 4. The first kappa shape index (κ1) is 18.4. The predicted molar refractivity (Wildman–Crippen MR) is 110 cm³/mol. The lowest BCUT2D eigenvalue weighted by Gasteiger charge is -2.16.